The van der Waals surface area contributed by atoms with Gasteiger partial charge in [-0.1, -0.05) is 12.1 Å². The summed E-state index contributed by atoms with van der Waals surface area (Å²) in [7, 11) is 0. The first kappa shape index (κ1) is 17.6. The summed E-state index contributed by atoms with van der Waals surface area (Å²) in [5, 5.41) is 10.0. The Bertz CT molecular complexity index is 950. The average Bonchev–Trinajstić information content (AvgIpc) is 2.90. The first-order chi connectivity index (χ1) is 12.3. The van der Waals surface area contributed by atoms with E-state index in [4.69, 9.17) is 21.1 Å². The minimum Gasteiger partial charge on any atom is -0.452 e. The third-order valence-electron chi connectivity index (χ3n) is 3.56. The van der Waals surface area contributed by atoms with Crippen molar-refractivity contribution in [2.45, 2.75) is 12.3 Å². The smallest absolute Gasteiger partial charge is 0.329 e. The maximum Gasteiger partial charge on any atom is 0.329 e. The molecule has 0 amide bonds. The number of ketones is 1. The van der Waals surface area contributed by atoms with E-state index in [0.29, 0.717) is 11.1 Å². The molecule has 0 saturated carbocycles. The van der Waals surface area contributed by atoms with Crippen LogP contribution in [0.4, 0.5) is 5.69 Å². The SMILES string of the molecule is CC(Cl)C(=O)Oc1ccc2c(c1)O/C(=C\c1cccc([N+](=O)[O-])c1)C2=O. The lowest BCUT2D eigenvalue weighted by Gasteiger charge is -2.06. The van der Waals surface area contributed by atoms with Crippen LogP contribution in [0.15, 0.2) is 48.2 Å². The molecule has 0 aliphatic carbocycles. The first-order valence-electron chi connectivity index (χ1n) is 7.53. The highest BCUT2D eigenvalue weighted by atomic mass is 35.5. The van der Waals surface area contributed by atoms with Gasteiger partial charge < -0.3 is 9.47 Å². The molecule has 132 valence electrons. The van der Waals surface area contributed by atoms with E-state index in [1.54, 1.807) is 6.07 Å². The second kappa shape index (κ2) is 6.97. The Hall–Kier alpha value is -3.19. The highest BCUT2D eigenvalue weighted by Crippen LogP contribution is 2.35. The topological polar surface area (TPSA) is 95.7 Å². The number of hydrogen-bond donors (Lipinski definition) is 0. The number of alkyl halides is 1. The minimum atomic E-state index is -0.810. The van der Waals surface area contributed by atoms with Gasteiger partial charge in [0.25, 0.3) is 5.69 Å². The second-order valence-electron chi connectivity index (χ2n) is 5.49. The number of nitrogens with zero attached hydrogens (tertiary/aromatic N) is 1. The van der Waals surface area contributed by atoms with Gasteiger partial charge in [0.2, 0.25) is 5.78 Å². The fourth-order valence-corrected chi connectivity index (χ4v) is 2.35. The molecular formula is C18H12ClNO6. The van der Waals surface area contributed by atoms with Crippen LogP contribution in [-0.2, 0) is 4.79 Å². The predicted molar refractivity (Wildman–Crippen MR) is 93.4 cm³/mol. The molecule has 0 aromatic heterocycles. The maximum absolute atomic E-state index is 12.4. The predicted octanol–water partition coefficient (Wildman–Crippen LogP) is 3.74. The van der Waals surface area contributed by atoms with Crippen LogP contribution in [0.5, 0.6) is 11.5 Å². The Morgan fingerprint density at radius 3 is 2.77 bits per heavy atom. The molecule has 0 N–H and O–H groups in total. The molecule has 1 aliphatic rings. The Morgan fingerprint density at radius 2 is 2.08 bits per heavy atom. The molecule has 1 aliphatic heterocycles. The van der Waals surface area contributed by atoms with Crippen LogP contribution in [0.2, 0.25) is 0 Å². The van der Waals surface area contributed by atoms with Gasteiger partial charge in [-0.3, -0.25) is 19.7 Å². The number of nitro benzene ring substituents is 1. The fourth-order valence-electron chi connectivity index (χ4n) is 2.31. The molecule has 2 aromatic rings. The molecule has 3 rings (SSSR count). The molecular weight excluding hydrogens is 362 g/mol. The molecule has 1 unspecified atom stereocenters. The molecule has 0 bridgehead atoms. The number of allylic oxidation sites excluding steroid dienone is 1. The van der Waals surface area contributed by atoms with Crippen molar-refractivity contribution >= 4 is 35.1 Å². The molecule has 26 heavy (non-hydrogen) atoms. The van der Waals surface area contributed by atoms with Crippen molar-refractivity contribution in [1.82, 2.24) is 0 Å². The summed E-state index contributed by atoms with van der Waals surface area (Å²) in [6.07, 6.45) is 1.42. The molecule has 1 atom stereocenters. The van der Waals surface area contributed by atoms with E-state index in [9.17, 15) is 19.7 Å². The number of halogens is 1. The van der Waals surface area contributed by atoms with Gasteiger partial charge in [-0.15, -0.1) is 11.6 Å². The normalized spacial score (nSPS) is 15.3. The number of Topliss-reactive ketones (excluding diaryl/α,β-unsaturated/α-hetero) is 1. The monoisotopic (exact) mass is 373 g/mol. The van der Waals surface area contributed by atoms with Gasteiger partial charge in [0, 0.05) is 18.2 Å². The second-order valence-corrected chi connectivity index (χ2v) is 6.14. The van der Waals surface area contributed by atoms with Gasteiger partial charge in [0.15, 0.2) is 5.76 Å². The number of fused-ring (bicyclic) bond motifs is 1. The summed E-state index contributed by atoms with van der Waals surface area (Å²) in [5.74, 6) is -0.530. The van der Waals surface area contributed by atoms with Crippen LogP contribution >= 0.6 is 11.6 Å². The molecule has 7 nitrogen and oxygen atoms in total. The van der Waals surface area contributed by atoms with Crippen LogP contribution in [0.1, 0.15) is 22.8 Å². The van der Waals surface area contributed by atoms with E-state index in [0.717, 1.165) is 0 Å². The molecule has 1 heterocycles. The highest BCUT2D eigenvalue weighted by Gasteiger charge is 2.28. The third-order valence-corrected chi connectivity index (χ3v) is 3.74. The third kappa shape index (κ3) is 3.57. The fraction of sp³-hybridized carbons (Fsp3) is 0.111. The first-order valence-corrected chi connectivity index (χ1v) is 7.97. The largest absolute Gasteiger partial charge is 0.452 e. The van der Waals surface area contributed by atoms with Crippen LogP contribution in [0, 0.1) is 10.1 Å². The number of carbonyl (C=O) groups is 2. The number of hydrogen-bond acceptors (Lipinski definition) is 6. The Morgan fingerprint density at radius 1 is 1.31 bits per heavy atom. The highest BCUT2D eigenvalue weighted by molar-refractivity contribution is 6.29. The van der Waals surface area contributed by atoms with Crippen molar-refractivity contribution in [2.24, 2.45) is 0 Å². The van der Waals surface area contributed by atoms with Crippen molar-refractivity contribution in [1.29, 1.82) is 0 Å². The summed E-state index contributed by atoms with van der Waals surface area (Å²) in [6.45, 7) is 1.48. The van der Waals surface area contributed by atoms with Crippen LogP contribution in [0.25, 0.3) is 6.08 Å². The summed E-state index contributed by atoms with van der Waals surface area (Å²) in [5.41, 5.74) is 0.671. The summed E-state index contributed by atoms with van der Waals surface area (Å²) in [4.78, 5) is 34.3. The zero-order chi connectivity index (χ0) is 18.8. The Kier molecular flexibility index (Phi) is 4.73. The number of benzene rings is 2. The molecule has 0 saturated heterocycles. The van der Waals surface area contributed by atoms with E-state index >= 15 is 0 Å². The van der Waals surface area contributed by atoms with Crippen molar-refractivity contribution in [3.63, 3.8) is 0 Å². The zero-order valence-electron chi connectivity index (χ0n) is 13.5. The standard InChI is InChI=1S/C18H12ClNO6/c1-10(19)18(22)25-13-5-6-14-15(9-13)26-16(17(14)21)8-11-3-2-4-12(7-11)20(23)24/h2-10H,1H3/b16-8-. The number of non-ortho nitro benzene ring substituents is 1. The van der Waals surface area contributed by atoms with E-state index < -0.39 is 16.3 Å². The van der Waals surface area contributed by atoms with Crippen molar-refractivity contribution in [2.75, 3.05) is 0 Å². The van der Waals surface area contributed by atoms with Crippen molar-refractivity contribution in [3.05, 3.63) is 69.5 Å². The van der Waals surface area contributed by atoms with E-state index in [1.165, 1.54) is 49.4 Å². The Balaban J connectivity index is 1.86. The molecule has 8 heteroatoms. The maximum atomic E-state index is 12.4. The average molecular weight is 374 g/mol. The molecule has 0 radical (unpaired) electrons. The lowest BCUT2D eigenvalue weighted by Crippen LogP contribution is -2.17. The summed E-state index contributed by atoms with van der Waals surface area (Å²) in [6, 6.07) is 10.2. The molecule has 0 fully saturated rings. The number of nitro groups is 1. The van der Waals surface area contributed by atoms with Gasteiger partial charge in [-0.05, 0) is 30.7 Å². The zero-order valence-corrected chi connectivity index (χ0v) is 14.2. The van der Waals surface area contributed by atoms with Gasteiger partial charge in [-0.2, -0.15) is 0 Å². The number of carbonyl (C=O) groups excluding carboxylic acids is 2. The van der Waals surface area contributed by atoms with Crippen molar-refractivity contribution in [3.8, 4) is 11.5 Å². The lowest BCUT2D eigenvalue weighted by molar-refractivity contribution is -0.384. The van der Waals surface area contributed by atoms with E-state index in [1.807, 2.05) is 0 Å². The quantitative estimate of drug-likeness (QED) is 0.202. The van der Waals surface area contributed by atoms with E-state index in [-0.39, 0.29) is 28.7 Å². The van der Waals surface area contributed by atoms with Gasteiger partial charge >= 0.3 is 5.97 Å². The van der Waals surface area contributed by atoms with Gasteiger partial charge in [-0.25, -0.2) is 0 Å². The van der Waals surface area contributed by atoms with Crippen LogP contribution in [-0.4, -0.2) is 22.1 Å². The van der Waals surface area contributed by atoms with Crippen molar-refractivity contribution < 1.29 is 24.0 Å². The summed E-state index contributed by atoms with van der Waals surface area (Å²) < 4.78 is 10.6. The minimum absolute atomic E-state index is 0.0229. The number of esters is 1. The number of rotatable bonds is 4. The molecule has 0 spiro atoms. The Labute approximate surface area is 152 Å². The number of ether oxygens (including phenoxy) is 2. The van der Waals surface area contributed by atoms with Crippen LogP contribution in [0.3, 0.4) is 0 Å². The summed E-state index contributed by atoms with van der Waals surface area (Å²) >= 11 is 5.65. The van der Waals surface area contributed by atoms with Crippen LogP contribution < -0.4 is 9.47 Å². The van der Waals surface area contributed by atoms with Gasteiger partial charge in [0.1, 0.15) is 16.9 Å². The molecule has 2 aromatic carbocycles. The van der Waals surface area contributed by atoms with E-state index in [2.05, 4.69) is 0 Å². The van der Waals surface area contributed by atoms with Gasteiger partial charge in [0.05, 0.1) is 10.5 Å². The lowest BCUT2D eigenvalue weighted by atomic mass is 10.1.